The number of nitrogens with one attached hydrogen (secondary N) is 2. The second-order valence-electron chi connectivity index (χ2n) is 9.52. The number of carbonyl (C=O) groups excluding carboxylic acids is 1. The van der Waals surface area contributed by atoms with Gasteiger partial charge in [0.25, 0.3) is 5.91 Å². The van der Waals surface area contributed by atoms with Crippen LogP contribution in [0.25, 0.3) is 33.3 Å². The van der Waals surface area contributed by atoms with Crippen LogP contribution >= 0.6 is 12.4 Å². The third-order valence-corrected chi connectivity index (χ3v) is 7.29. The van der Waals surface area contributed by atoms with E-state index in [1.54, 1.807) is 12.1 Å². The van der Waals surface area contributed by atoms with E-state index in [0.29, 0.717) is 17.9 Å². The van der Waals surface area contributed by atoms with Gasteiger partial charge in [0, 0.05) is 35.2 Å². The summed E-state index contributed by atoms with van der Waals surface area (Å²) < 4.78 is 5.29. The summed E-state index contributed by atoms with van der Waals surface area (Å²) in [6, 6.07) is 18.1. The highest BCUT2D eigenvalue weighted by Crippen LogP contribution is 2.39. The first kappa shape index (κ1) is 24.2. The van der Waals surface area contributed by atoms with Gasteiger partial charge in [0.2, 0.25) is 0 Å². The van der Waals surface area contributed by atoms with Crippen LogP contribution in [0, 0.1) is 0 Å². The smallest absolute Gasteiger partial charge is 0.252 e. The summed E-state index contributed by atoms with van der Waals surface area (Å²) in [7, 11) is 1.53. The number of amides is 1. The fourth-order valence-electron chi connectivity index (χ4n) is 5.49. The number of aromatic amines is 1. The Hall–Kier alpha value is -3.48. The number of benzene rings is 3. The second kappa shape index (κ2) is 9.88. The summed E-state index contributed by atoms with van der Waals surface area (Å²) in [5.41, 5.74) is 7.76. The van der Waals surface area contributed by atoms with Crippen molar-refractivity contribution in [2.45, 2.75) is 32.4 Å². The molecule has 0 spiro atoms. The van der Waals surface area contributed by atoms with Crippen LogP contribution in [0.4, 0.5) is 0 Å². The molecule has 0 aliphatic carbocycles. The van der Waals surface area contributed by atoms with E-state index in [1.807, 2.05) is 18.2 Å². The number of likely N-dealkylation sites (tertiary alicyclic amines) is 1. The fourth-order valence-corrected chi connectivity index (χ4v) is 5.49. The van der Waals surface area contributed by atoms with Crippen LogP contribution in [0.2, 0.25) is 0 Å². The van der Waals surface area contributed by atoms with Gasteiger partial charge in [-0.2, -0.15) is 0 Å². The van der Waals surface area contributed by atoms with Crippen LogP contribution in [0.3, 0.4) is 0 Å². The summed E-state index contributed by atoms with van der Waals surface area (Å²) in [4.78, 5) is 19.0. The van der Waals surface area contributed by atoms with Crippen molar-refractivity contribution in [2.75, 3.05) is 20.2 Å². The van der Waals surface area contributed by atoms with Gasteiger partial charge in [-0.25, -0.2) is 0 Å². The molecule has 4 aromatic rings. The Morgan fingerprint density at radius 1 is 0.972 bits per heavy atom. The number of carbonyl (C=O) groups is 1. The molecule has 3 N–H and O–H groups in total. The largest absolute Gasteiger partial charge is 0.504 e. The van der Waals surface area contributed by atoms with Crippen LogP contribution in [-0.2, 0) is 13.1 Å². The lowest BCUT2D eigenvalue weighted by Gasteiger charge is -2.26. The van der Waals surface area contributed by atoms with Gasteiger partial charge in [0.05, 0.1) is 12.7 Å². The predicted octanol–water partition coefficient (Wildman–Crippen LogP) is 5.87. The number of halogens is 1. The average molecular weight is 504 g/mol. The monoisotopic (exact) mass is 503 g/mol. The van der Waals surface area contributed by atoms with Crippen LogP contribution in [0.1, 0.15) is 40.7 Å². The summed E-state index contributed by atoms with van der Waals surface area (Å²) in [6.07, 6.45) is 3.92. The van der Waals surface area contributed by atoms with Gasteiger partial charge in [-0.05, 0) is 78.5 Å². The highest BCUT2D eigenvalue weighted by Gasteiger charge is 2.27. The number of fused-ring (bicyclic) bond motifs is 2. The lowest BCUT2D eigenvalue weighted by atomic mass is 9.92. The lowest BCUT2D eigenvalue weighted by Crippen LogP contribution is -2.28. The number of nitrogens with zero attached hydrogens (tertiary/aromatic N) is 1. The molecule has 3 aromatic carbocycles. The van der Waals surface area contributed by atoms with Crippen LogP contribution in [0.15, 0.2) is 54.6 Å². The average Bonchev–Trinajstić information content (AvgIpc) is 3.48. The molecule has 6 rings (SSSR count). The molecule has 0 radical (unpaired) electrons. The minimum Gasteiger partial charge on any atom is -0.504 e. The number of hydrogen-bond acceptors (Lipinski definition) is 4. The van der Waals surface area contributed by atoms with E-state index in [1.165, 1.54) is 45.0 Å². The van der Waals surface area contributed by atoms with Crippen LogP contribution in [0.5, 0.6) is 11.5 Å². The Labute approximate surface area is 216 Å². The Kier molecular flexibility index (Phi) is 6.65. The van der Waals surface area contributed by atoms with Crippen molar-refractivity contribution < 1.29 is 14.6 Å². The number of H-pyrrole nitrogens is 1. The van der Waals surface area contributed by atoms with Crippen molar-refractivity contribution in [3.63, 3.8) is 0 Å². The molecule has 0 saturated carbocycles. The normalized spacial score (nSPS) is 15.4. The van der Waals surface area contributed by atoms with Crippen molar-refractivity contribution in [3.05, 3.63) is 71.3 Å². The van der Waals surface area contributed by atoms with E-state index < -0.39 is 0 Å². The number of ether oxygens (including phenoxy) is 1. The van der Waals surface area contributed by atoms with Gasteiger partial charge in [0.1, 0.15) is 0 Å². The van der Waals surface area contributed by atoms with Crippen molar-refractivity contribution in [1.82, 2.24) is 15.2 Å². The summed E-state index contributed by atoms with van der Waals surface area (Å²) >= 11 is 0. The topological polar surface area (TPSA) is 77.6 Å². The van der Waals surface area contributed by atoms with Crippen LogP contribution in [-0.4, -0.2) is 41.1 Å². The summed E-state index contributed by atoms with van der Waals surface area (Å²) in [6.45, 7) is 3.81. The second-order valence-corrected chi connectivity index (χ2v) is 9.52. The minimum absolute atomic E-state index is 0. The Balaban J connectivity index is 0.00000267. The lowest BCUT2D eigenvalue weighted by molar-refractivity contribution is 0.0966. The maximum absolute atomic E-state index is 12.9. The van der Waals surface area contributed by atoms with E-state index in [-0.39, 0.29) is 24.1 Å². The molecular formula is C29H30ClN3O3. The first-order valence-electron chi connectivity index (χ1n) is 12.3. The molecule has 2 aliphatic heterocycles. The first-order chi connectivity index (χ1) is 17.1. The third kappa shape index (κ3) is 4.31. The van der Waals surface area contributed by atoms with Crippen LogP contribution < -0.4 is 10.1 Å². The molecule has 1 saturated heterocycles. The van der Waals surface area contributed by atoms with Crippen molar-refractivity contribution in [1.29, 1.82) is 0 Å². The number of methoxy groups -OCH3 is 1. The zero-order valence-electron chi connectivity index (χ0n) is 20.3. The van der Waals surface area contributed by atoms with E-state index in [4.69, 9.17) is 4.74 Å². The van der Waals surface area contributed by atoms with Crippen molar-refractivity contribution >= 4 is 29.2 Å². The molecule has 7 heteroatoms. The van der Waals surface area contributed by atoms with Gasteiger partial charge in [-0.15, -0.1) is 12.4 Å². The van der Waals surface area contributed by atoms with E-state index in [9.17, 15) is 9.90 Å². The zero-order valence-corrected chi connectivity index (χ0v) is 21.1. The number of aromatic hydroxyl groups is 1. The van der Waals surface area contributed by atoms with Gasteiger partial charge in [-0.3, -0.25) is 9.69 Å². The molecule has 1 fully saturated rings. The molecule has 3 heterocycles. The zero-order chi connectivity index (χ0) is 23.9. The maximum Gasteiger partial charge on any atom is 0.252 e. The van der Waals surface area contributed by atoms with E-state index in [2.05, 4.69) is 39.5 Å². The molecule has 0 atom stereocenters. The molecule has 36 heavy (non-hydrogen) atoms. The Bertz CT molecular complexity index is 1440. The molecule has 0 unspecified atom stereocenters. The maximum atomic E-state index is 12.9. The SMILES string of the molecule is COc1cc(-c2ccc(-c3cc4cc(CN5CCCCC5)ccc4[nH]3)c3c2CNC3=O)ccc1O.Cl. The van der Waals surface area contributed by atoms with Crippen molar-refractivity contribution in [3.8, 4) is 33.9 Å². The highest BCUT2D eigenvalue weighted by atomic mass is 35.5. The molecule has 1 aromatic heterocycles. The number of hydrogen-bond donors (Lipinski definition) is 3. The first-order valence-corrected chi connectivity index (χ1v) is 12.3. The molecule has 0 bridgehead atoms. The van der Waals surface area contributed by atoms with E-state index in [0.717, 1.165) is 45.4 Å². The molecular weight excluding hydrogens is 474 g/mol. The predicted molar refractivity (Wildman–Crippen MR) is 145 cm³/mol. The number of rotatable bonds is 5. The fraction of sp³-hybridized carbons (Fsp3) is 0.276. The van der Waals surface area contributed by atoms with Gasteiger partial charge in [-0.1, -0.05) is 30.7 Å². The highest BCUT2D eigenvalue weighted by molar-refractivity contribution is 6.07. The minimum atomic E-state index is -0.0629. The molecule has 6 nitrogen and oxygen atoms in total. The number of phenolic OH excluding ortho intramolecular Hbond substituents is 1. The number of piperidine rings is 1. The Morgan fingerprint density at radius 2 is 1.78 bits per heavy atom. The molecule has 1 amide bonds. The third-order valence-electron chi connectivity index (χ3n) is 7.29. The molecule has 2 aliphatic rings. The van der Waals surface area contributed by atoms with Gasteiger partial charge >= 0.3 is 0 Å². The number of phenols is 1. The summed E-state index contributed by atoms with van der Waals surface area (Å²) in [5.74, 6) is 0.442. The Morgan fingerprint density at radius 3 is 2.58 bits per heavy atom. The van der Waals surface area contributed by atoms with Gasteiger partial charge < -0.3 is 20.1 Å². The van der Waals surface area contributed by atoms with E-state index >= 15 is 0 Å². The molecule has 186 valence electrons. The quantitative estimate of drug-likeness (QED) is 0.318. The number of aromatic nitrogens is 1. The van der Waals surface area contributed by atoms with Crippen molar-refractivity contribution in [2.24, 2.45) is 0 Å². The standard InChI is InChI=1S/C29H29N3O3.ClH/c1-35-27-15-19(6-10-26(27)33)21-7-8-22(28-23(21)16-30-29(28)34)25-14-20-13-18(5-9-24(20)31-25)17-32-11-3-2-4-12-32;/h5-10,13-15,31,33H,2-4,11-12,16-17H2,1H3,(H,30,34);1H. The van der Waals surface area contributed by atoms with Gasteiger partial charge in [0.15, 0.2) is 11.5 Å². The summed E-state index contributed by atoms with van der Waals surface area (Å²) in [5, 5.41) is 14.1.